The second-order valence-corrected chi connectivity index (χ2v) is 5.95. The van der Waals surface area contributed by atoms with Gasteiger partial charge in [0.1, 0.15) is 0 Å². The summed E-state index contributed by atoms with van der Waals surface area (Å²) < 4.78 is 8.78. The molecule has 1 fully saturated rings. The van der Waals surface area contributed by atoms with Crippen molar-refractivity contribution >= 4 is 15.9 Å². The molecule has 0 amide bonds. The molecule has 4 nitrogen and oxygen atoms in total. The molecular weight excluding hydrogens is 294 g/mol. The molecule has 3 atom stereocenters. The number of hydrogen-bond donors (Lipinski definition) is 1. The Morgan fingerprint density at radius 3 is 2.83 bits per heavy atom. The van der Waals surface area contributed by atoms with Gasteiger partial charge < -0.3 is 10.5 Å². The summed E-state index contributed by atoms with van der Waals surface area (Å²) >= 11 is 3.63. The zero-order valence-electron chi connectivity index (χ0n) is 11.3. The van der Waals surface area contributed by atoms with Crippen molar-refractivity contribution in [1.29, 1.82) is 0 Å². The minimum atomic E-state index is 0.0407. The summed E-state index contributed by atoms with van der Waals surface area (Å²) in [5.74, 6) is 0.553. The highest BCUT2D eigenvalue weighted by Crippen LogP contribution is 2.27. The maximum atomic E-state index is 6.30. The van der Waals surface area contributed by atoms with E-state index >= 15 is 0 Å². The van der Waals surface area contributed by atoms with E-state index < -0.39 is 0 Å². The summed E-state index contributed by atoms with van der Waals surface area (Å²) in [6.45, 7) is 5.17. The van der Waals surface area contributed by atoms with Crippen LogP contribution < -0.4 is 5.73 Å². The SMILES string of the molecule is CCc1nn(C)c(CC(N)C2OCCC2C)c1Br. The van der Waals surface area contributed by atoms with Crippen LogP contribution in [0.2, 0.25) is 0 Å². The first kappa shape index (κ1) is 14.0. The predicted molar refractivity (Wildman–Crippen MR) is 75.5 cm³/mol. The molecule has 0 aromatic carbocycles. The maximum Gasteiger partial charge on any atom is 0.0766 e. The zero-order chi connectivity index (χ0) is 13.3. The first-order chi connectivity index (χ1) is 8.54. The van der Waals surface area contributed by atoms with Crippen molar-refractivity contribution in [3.05, 3.63) is 15.9 Å². The molecule has 5 heteroatoms. The average Bonchev–Trinajstić information content (AvgIpc) is 2.87. The van der Waals surface area contributed by atoms with Crippen molar-refractivity contribution in [2.24, 2.45) is 18.7 Å². The number of nitrogens with zero attached hydrogens (tertiary/aromatic N) is 2. The Balaban J connectivity index is 2.11. The van der Waals surface area contributed by atoms with Crippen LogP contribution in [0.3, 0.4) is 0 Å². The normalized spacial score (nSPS) is 25.6. The third kappa shape index (κ3) is 2.63. The Morgan fingerprint density at radius 2 is 2.33 bits per heavy atom. The molecule has 2 heterocycles. The summed E-state index contributed by atoms with van der Waals surface area (Å²) in [6, 6.07) is 0.0407. The second kappa shape index (κ2) is 5.72. The lowest BCUT2D eigenvalue weighted by Crippen LogP contribution is -2.40. The van der Waals surface area contributed by atoms with Crippen molar-refractivity contribution < 1.29 is 4.74 Å². The molecule has 0 radical (unpaired) electrons. The standard InChI is InChI=1S/C13H22BrN3O/c1-4-10-12(14)11(17(3)16-10)7-9(15)13-8(2)5-6-18-13/h8-9,13H,4-7,15H2,1-3H3. The van der Waals surface area contributed by atoms with Gasteiger partial charge in [0.15, 0.2) is 0 Å². The van der Waals surface area contributed by atoms with Crippen LogP contribution in [0.25, 0.3) is 0 Å². The number of hydrogen-bond acceptors (Lipinski definition) is 3. The Hall–Kier alpha value is -0.390. The fraction of sp³-hybridized carbons (Fsp3) is 0.769. The summed E-state index contributed by atoms with van der Waals surface area (Å²) in [5.41, 5.74) is 8.57. The van der Waals surface area contributed by atoms with Gasteiger partial charge in [0, 0.05) is 26.1 Å². The minimum absolute atomic E-state index is 0.0407. The van der Waals surface area contributed by atoms with E-state index in [0.717, 1.165) is 36.0 Å². The van der Waals surface area contributed by atoms with Crippen molar-refractivity contribution in [2.75, 3.05) is 6.61 Å². The third-order valence-electron chi connectivity index (χ3n) is 3.80. The molecule has 3 unspecified atom stereocenters. The van der Waals surface area contributed by atoms with Gasteiger partial charge in [-0.1, -0.05) is 13.8 Å². The lowest BCUT2D eigenvalue weighted by atomic mass is 9.95. The quantitative estimate of drug-likeness (QED) is 0.925. The molecule has 0 aliphatic carbocycles. The largest absolute Gasteiger partial charge is 0.376 e. The molecule has 18 heavy (non-hydrogen) atoms. The molecule has 1 aromatic rings. The highest BCUT2D eigenvalue weighted by atomic mass is 79.9. The topological polar surface area (TPSA) is 53.1 Å². The molecular formula is C13H22BrN3O. The first-order valence-electron chi connectivity index (χ1n) is 6.62. The molecule has 1 aromatic heterocycles. The summed E-state index contributed by atoms with van der Waals surface area (Å²) in [7, 11) is 1.98. The van der Waals surface area contributed by atoms with Gasteiger partial charge in [0.2, 0.25) is 0 Å². The Bertz CT molecular complexity index is 419. The van der Waals surface area contributed by atoms with E-state index in [1.165, 1.54) is 5.69 Å². The van der Waals surface area contributed by atoms with Gasteiger partial charge >= 0.3 is 0 Å². The molecule has 0 bridgehead atoms. The van der Waals surface area contributed by atoms with Crippen LogP contribution in [0.1, 0.15) is 31.7 Å². The van der Waals surface area contributed by atoms with E-state index in [0.29, 0.717) is 5.92 Å². The number of rotatable bonds is 4. The monoisotopic (exact) mass is 315 g/mol. The zero-order valence-corrected chi connectivity index (χ0v) is 12.9. The minimum Gasteiger partial charge on any atom is -0.376 e. The van der Waals surface area contributed by atoms with E-state index in [1.54, 1.807) is 0 Å². The Morgan fingerprint density at radius 1 is 1.61 bits per heavy atom. The molecule has 102 valence electrons. The molecule has 0 saturated carbocycles. The molecule has 1 saturated heterocycles. The van der Waals surface area contributed by atoms with E-state index in [4.69, 9.17) is 10.5 Å². The Labute approximate surface area is 117 Å². The van der Waals surface area contributed by atoms with Gasteiger partial charge in [-0.2, -0.15) is 5.10 Å². The number of aromatic nitrogens is 2. The van der Waals surface area contributed by atoms with Crippen LogP contribution in [0, 0.1) is 5.92 Å². The van der Waals surface area contributed by atoms with E-state index in [1.807, 2.05) is 11.7 Å². The van der Waals surface area contributed by atoms with E-state index in [9.17, 15) is 0 Å². The lowest BCUT2D eigenvalue weighted by Gasteiger charge is -2.22. The van der Waals surface area contributed by atoms with Crippen molar-refractivity contribution in [2.45, 2.75) is 45.3 Å². The van der Waals surface area contributed by atoms with Crippen molar-refractivity contribution in [3.63, 3.8) is 0 Å². The summed E-state index contributed by atoms with van der Waals surface area (Å²) in [6.07, 6.45) is 3.03. The van der Waals surface area contributed by atoms with Gasteiger partial charge in [-0.05, 0) is 34.7 Å². The van der Waals surface area contributed by atoms with Gasteiger partial charge in [-0.25, -0.2) is 0 Å². The first-order valence-corrected chi connectivity index (χ1v) is 7.41. The Kier molecular flexibility index (Phi) is 4.45. The summed E-state index contributed by atoms with van der Waals surface area (Å²) in [4.78, 5) is 0. The van der Waals surface area contributed by atoms with Crippen LogP contribution in [-0.2, 0) is 24.6 Å². The molecule has 0 spiro atoms. The lowest BCUT2D eigenvalue weighted by molar-refractivity contribution is 0.0721. The van der Waals surface area contributed by atoms with Gasteiger partial charge in [-0.3, -0.25) is 4.68 Å². The van der Waals surface area contributed by atoms with Crippen molar-refractivity contribution in [1.82, 2.24) is 9.78 Å². The van der Waals surface area contributed by atoms with E-state index in [2.05, 4.69) is 34.9 Å². The third-order valence-corrected chi connectivity index (χ3v) is 4.71. The number of halogens is 1. The molecule has 1 aliphatic rings. The van der Waals surface area contributed by atoms with Crippen molar-refractivity contribution in [3.8, 4) is 0 Å². The predicted octanol–water partition coefficient (Wildman–Crippen LogP) is 2.04. The fourth-order valence-electron chi connectivity index (χ4n) is 2.65. The molecule has 1 aliphatic heterocycles. The van der Waals surface area contributed by atoms with Gasteiger partial charge in [-0.15, -0.1) is 0 Å². The highest BCUT2D eigenvalue weighted by molar-refractivity contribution is 9.10. The average molecular weight is 316 g/mol. The maximum absolute atomic E-state index is 6.30. The van der Waals surface area contributed by atoms with Gasteiger partial charge in [0.05, 0.1) is 22.0 Å². The number of nitrogens with two attached hydrogens (primary N) is 1. The van der Waals surface area contributed by atoms with Crippen LogP contribution in [-0.4, -0.2) is 28.5 Å². The van der Waals surface area contributed by atoms with Crippen LogP contribution in [0.4, 0.5) is 0 Å². The fourth-order valence-corrected chi connectivity index (χ4v) is 3.42. The number of aryl methyl sites for hydroxylation is 2. The van der Waals surface area contributed by atoms with Gasteiger partial charge in [0.25, 0.3) is 0 Å². The van der Waals surface area contributed by atoms with E-state index in [-0.39, 0.29) is 12.1 Å². The van der Waals surface area contributed by atoms with Crippen LogP contribution in [0.5, 0.6) is 0 Å². The number of ether oxygens (including phenoxy) is 1. The second-order valence-electron chi connectivity index (χ2n) is 5.15. The molecule has 2 N–H and O–H groups in total. The summed E-state index contributed by atoms with van der Waals surface area (Å²) in [5, 5.41) is 4.50. The molecule has 2 rings (SSSR count). The van der Waals surface area contributed by atoms with Crippen LogP contribution >= 0.6 is 15.9 Å². The van der Waals surface area contributed by atoms with Crippen LogP contribution in [0.15, 0.2) is 4.47 Å². The highest BCUT2D eigenvalue weighted by Gasteiger charge is 2.31. The smallest absolute Gasteiger partial charge is 0.0766 e.